The molecule has 0 radical (unpaired) electrons. The summed E-state index contributed by atoms with van der Waals surface area (Å²) in [5, 5.41) is 11.7. The summed E-state index contributed by atoms with van der Waals surface area (Å²) >= 11 is 1.20. The fourth-order valence-corrected chi connectivity index (χ4v) is 2.03. The largest absolute Gasteiger partial charge is 0.415 e. The van der Waals surface area contributed by atoms with E-state index in [2.05, 4.69) is 19.8 Å². The van der Waals surface area contributed by atoms with Gasteiger partial charge in [-0.05, 0) is 42.7 Å². The second-order valence-electron chi connectivity index (χ2n) is 3.61. The smallest absolute Gasteiger partial charge is 0.261 e. The Bertz CT molecular complexity index is 676. The van der Waals surface area contributed by atoms with E-state index in [0.29, 0.717) is 17.3 Å². The van der Waals surface area contributed by atoms with Crippen LogP contribution in [0.5, 0.6) is 0 Å². The Balaban J connectivity index is 1.99. The van der Waals surface area contributed by atoms with E-state index in [4.69, 9.17) is 4.42 Å². The first-order chi connectivity index (χ1) is 8.74. The van der Waals surface area contributed by atoms with Gasteiger partial charge < -0.3 is 4.42 Å². The van der Waals surface area contributed by atoms with Gasteiger partial charge in [0.05, 0.1) is 5.69 Å². The van der Waals surface area contributed by atoms with Crippen molar-refractivity contribution in [2.45, 2.75) is 6.92 Å². The van der Waals surface area contributed by atoms with Gasteiger partial charge in [-0.1, -0.05) is 4.49 Å². The van der Waals surface area contributed by atoms with Gasteiger partial charge in [0.25, 0.3) is 5.89 Å². The molecule has 5 nitrogen and oxygen atoms in total. The summed E-state index contributed by atoms with van der Waals surface area (Å²) in [6, 6.07) is 5.87. The molecule has 0 saturated heterocycles. The third-order valence-corrected chi connectivity index (χ3v) is 3.18. The summed E-state index contributed by atoms with van der Waals surface area (Å²) in [4.78, 5) is 0.746. The predicted octanol–water partition coefficient (Wildman–Crippen LogP) is 2.70. The Labute approximate surface area is 105 Å². The quantitative estimate of drug-likeness (QED) is 0.710. The molecule has 0 spiro atoms. The second-order valence-corrected chi connectivity index (χ2v) is 4.36. The van der Waals surface area contributed by atoms with Gasteiger partial charge in [0.2, 0.25) is 5.89 Å². The molecule has 3 rings (SSSR count). The number of hydrogen-bond donors (Lipinski definition) is 0. The maximum Gasteiger partial charge on any atom is 0.261 e. The topological polar surface area (TPSA) is 64.7 Å². The van der Waals surface area contributed by atoms with Crippen LogP contribution in [0.25, 0.3) is 22.2 Å². The van der Waals surface area contributed by atoms with Crippen LogP contribution in [-0.4, -0.2) is 19.8 Å². The summed E-state index contributed by atoms with van der Waals surface area (Å²) in [5.74, 6) is 0.417. The lowest BCUT2D eigenvalue weighted by atomic mass is 10.2. The zero-order chi connectivity index (χ0) is 12.5. The molecule has 90 valence electrons. The Hall–Kier alpha value is -2.15. The number of nitrogens with zero attached hydrogens (tertiary/aromatic N) is 4. The first-order valence-corrected chi connectivity index (χ1v) is 5.90. The van der Waals surface area contributed by atoms with Gasteiger partial charge in [-0.25, -0.2) is 4.39 Å². The zero-order valence-electron chi connectivity index (χ0n) is 9.29. The lowest BCUT2D eigenvalue weighted by Crippen LogP contribution is -1.78. The van der Waals surface area contributed by atoms with E-state index in [1.54, 1.807) is 12.1 Å². The lowest BCUT2D eigenvalue weighted by Gasteiger charge is -1.93. The molecule has 0 saturated carbocycles. The van der Waals surface area contributed by atoms with Crippen molar-refractivity contribution in [1.82, 2.24) is 19.8 Å². The fraction of sp³-hybridized carbons (Fsp3) is 0.0909. The van der Waals surface area contributed by atoms with Crippen LogP contribution in [0.3, 0.4) is 0 Å². The second kappa shape index (κ2) is 4.26. The fourth-order valence-electron chi connectivity index (χ4n) is 1.45. The molecule has 0 bridgehead atoms. The third kappa shape index (κ3) is 1.88. The molecule has 1 aromatic carbocycles. The molecule has 18 heavy (non-hydrogen) atoms. The van der Waals surface area contributed by atoms with Gasteiger partial charge in [0.1, 0.15) is 10.7 Å². The third-order valence-electron chi connectivity index (χ3n) is 2.36. The van der Waals surface area contributed by atoms with E-state index < -0.39 is 0 Å². The van der Waals surface area contributed by atoms with Gasteiger partial charge in [-0.2, -0.15) is 0 Å². The van der Waals surface area contributed by atoms with E-state index in [1.165, 1.54) is 23.7 Å². The van der Waals surface area contributed by atoms with Crippen molar-refractivity contribution in [2.75, 3.05) is 0 Å². The van der Waals surface area contributed by atoms with Crippen molar-refractivity contribution in [3.8, 4) is 22.2 Å². The number of hydrogen-bond acceptors (Lipinski definition) is 6. The van der Waals surface area contributed by atoms with Gasteiger partial charge in [-0.15, -0.1) is 15.3 Å². The Morgan fingerprint density at radius 3 is 2.44 bits per heavy atom. The molecular weight excluding hydrogens is 255 g/mol. The summed E-state index contributed by atoms with van der Waals surface area (Å²) in [7, 11) is 0. The van der Waals surface area contributed by atoms with Crippen LogP contribution < -0.4 is 0 Å². The molecule has 0 amide bonds. The molecule has 0 unspecified atom stereocenters. The molecular formula is C11H7FN4OS. The maximum absolute atomic E-state index is 12.8. The number of rotatable bonds is 2. The number of halogens is 1. The van der Waals surface area contributed by atoms with E-state index >= 15 is 0 Å². The summed E-state index contributed by atoms with van der Waals surface area (Å²) in [6.07, 6.45) is 0. The molecule has 0 aliphatic carbocycles. The number of aromatic nitrogens is 4. The Morgan fingerprint density at radius 1 is 1.06 bits per heavy atom. The van der Waals surface area contributed by atoms with Crippen molar-refractivity contribution in [2.24, 2.45) is 0 Å². The highest BCUT2D eigenvalue weighted by molar-refractivity contribution is 7.09. The highest BCUT2D eigenvalue weighted by atomic mass is 32.1. The van der Waals surface area contributed by atoms with Crippen LogP contribution in [0.15, 0.2) is 28.7 Å². The van der Waals surface area contributed by atoms with Crippen molar-refractivity contribution in [3.63, 3.8) is 0 Å². The van der Waals surface area contributed by atoms with E-state index in [-0.39, 0.29) is 5.82 Å². The molecule has 0 aliphatic heterocycles. The lowest BCUT2D eigenvalue weighted by molar-refractivity contribution is 0.584. The normalized spacial score (nSPS) is 10.8. The summed E-state index contributed by atoms with van der Waals surface area (Å²) in [5.41, 5.74) is 1.42. The molecule has 0 fully saturated rings. The predicted molar refractivity (Wildman–Crippen MR) is 63.3 cm³/mol. The minimum atomic E-state index is -0.305. The number of aryl methyl sites for hydroxylation is 1. The molecule has 0 aliphatic rings. The standard InChI is InChI=1S/C11H7FN4OS/c1-6-9(18-16-13-6)11-15-14-10(17-11)7-2-4-8(12)5-3-7/h2-5H,1H3. The minimum absolute atomic E-state index is 0.305. The molecule has 0 N–H and O–H groups in total. The van der Waals surface area contributed by atoms with Crippen molar-refractivity contribution in [3.05, 3.63) is 35.8 Å². The molecule has 7 heteroatoms. The molecule has 3 aromatic rings. The van der Waals surface area contributed by atoms with Crippen molar-refractivity contribution in [1.29, 1.82) is 0 Å². The Kier molecular flexibility index (Phi) is 2.60. The first kappa shape index (κ1) is 11.0. The summed E-state index contributed by atoms with van der Waals surface area (Å²) < 4.78 is 22.1. The maximum atomic E-state index is 12.8. The van der Waals surface area contributed by atoms with E-state index in [1.807, 2.05) is 6.92 Å². The minimum Gasteiger partial charge on any atom is -0.415 e. The van der Waals surface area contributed by atoms with Crippen LogP contribution in [0.1, 0.15) is 5.69 Å². The van der Waals surface area contributed by atoms with Gasteiger partial charge >= 0.3 is 0 Å². The molecule has 2 aromatic heterocycles. The molecule has 2 heterocycles. The van der Waals surface area contributed by atoms with E-state index in [9.17, 15) is 4.39 Å². The SMILES string of the molecule is Cc1nnsc1-c1nnc(-c2ccc(F)cc2)o1. The van der Waals surface area contributed by atoms with Gasteiger partial charge in [0, 0.05) is 5.56 Å². The Morgan fingerprint density at radius 2 is 1.78 bits per heavy atom. The van der Waals surface area contributed by atoms with Crippen LogP contribution in [0.2, 0.25) is 0 Å². The van der Waals surface area contributed by atoms with Crippen molar-refractivity contribution >= 4 is 11.5 Å². The highest BCUT2D eigenvalue weighted by Crippen LogP contribution is 2.27. The van der Waals surface area contributed by atoms with Crippen LogP contribution >= 0.6 is 11.5 Å². The zero-order valence-corrected chi connectivity index (χ0v) is 10.1. The van der Waals surface area contributed by atoms with Gasteiger partial charge in [-0.3, -0.25) is 0 Å². The van der Waals surface area contributed by atoms with Crippen molar-refractivity contribution < 1.29 is 8.81 Å². The summed E-state index contributed by atoms with van der Waals surface area (Å²) in [6.45, 7) is 1.82. The monoisotopic (exact) mass is 262 g/mol. The van der Waals surface area contributed by atoms with Crippen LogP contribution in [0, 0.1) is 12.7 Å². The first-order valence-electron chi connectivity index (χ1n) is 5.13. The average molecular weight is 262 g/mol. The molecule has 0 atom stereocenters. The average Bonchev–Trinajstić information content (AvgIpc) is 2.98. The van der Waals surface area contributed by atoms with Crippen LogP contribution in [0.4, 0.5) is 4.39 Å². The highest BCUT2D eigenvalue weighted by Gasteiger charge is 2.15. The van der Waals surface area contributed by atoms with Gasteiger partial charge in [0.15, 0.2) is 0 Å². The van der Waals surface area contributed by atoms with E-state index in [0.717, 1.165) is 10.6 Å². The van der Waals surface area contributed by atoms with Crippen LogP contribution in [-0.2, 0) is 0 Å². The number of benzene rings is 1.